The first-order valence-corrected chi connectivity index (χ1v) is 5.66. The molecule has 1 aromatic carbocycles. The standard InChI is InChI=1S/C12H16N2O3/c1-17-9-3-4-11(14(15)16)10(7-9)12(8-13)5-2-6-12/h3-4,7H,2,5-6,8,13H2,1H3. The highest BCUT2D eigenvalue weighted by molar-refractivity contribution is 5.50. The molecular formula is C12H16N2O3. The van der Waals surface area contributed by atoms with Gasteiger partial charge in [-0.1, -0.05) is 6.42 Å². The van der Waals surface area contributed by atoms with Crippen LogP contribution in [0.5, 0.6) is 5.75 Å². The van der Waals surface area contributed by atoms with Crippen molar-refractivity contribution >= 4 is 5.69 Å². The molecule has 0 spiro atoms. The molecule has 5 heteroatoms. The highest BCUT2D eigenvalue weighted by Crippen LogP contribution is 2.47. The molecule has 1 saturated carbocycles. The lowest BCUT2D eigenvalue weighted by Gasteiger charge is -2.41. The van der Waals surface area contributed by atoms with Gasteiger partial charge < -0.3 is 10.5 Å². The smallest absolute Gasteiger partial charge is 0.273 e. The van der Waals surface area contributed by atoms with E-state index in [1.165, 1.54) is 6.07 Å². The Kier molecular flexibility index (Phi) is 3.02. The number of ether oxygens (including phenoxy) is 1. The maximum atomic E-state index is 11.0. The topological polar surface area (TPSA) is 78.4 Å². The summed E-state index contributed by atoms with van der Waals surface area (Å²) in [5, 5.41) is 11.0. The molecule has 0 aliphatic heterocycles. The van der Waals surface area contributed by atoms with E-state index in [2.05, 4.69) is 0 Å². The second kappa shape index (κ2) is 4.33. The largest absolute Gasteiger partial charge is 0.497 e. The lowest BCUT2D eigenvalue weighted by Crippen LogP contribution is -2.42. The molecule has 0 heterocycles. The SMILES string of the molecule is COc1ccc([N+](=O)[O-])c(C2(CN)CCC2)c1. The molecule has 0 saturated heterocycles. The van der Waals surface area contributed by atoms with E-state index in [-0.39, 0.29) is 16.0 Å². The van der Waals surface area contributed by atoms with E-state index in [1.54, 1.807) is 19.2 Å². The van der Waals surface area contributed by atoms with Crippen LogP contribution in [0.2, 0.25) is 0 Å². The van der Waals surface area contributed by atoms with Gasteiger partial charge >= 0.3 is 0 Å². The molecule has 1 aliphatic rings. The summed E-state index contributed by atoms with van der Waals surface area (Å²) < 4.78 is 5.13. The van der Waals surface area contributed by atoms with E-state index >= 15 is 0 Å². The fourth-order valence-electron chi connectivity index (χ4n) is 2.41. The van der Waals surface area contributed by atoms with Gasteiger partial charge in [-0.3, -0.25) is 10.1 Å². The molecule has 2 N–H and O–H groups in total. The van der Waals surface area contributed by atoms with Crippen LogP contribution >= 0.6 is 0 Å². The predicted octanol–water partition coefficient (Wildman–Crippen LogP) is 1.98. The number of benzene rings is 1. The number of nitro benzene ring substituents is 1. The molecule has 1 fully saturated rings. The van der Waals surface area contributed by atoms with Crippen molar-refractivity contribution < 1.29 is 9.66 Å². The summed E-state index contributed by atoms with van der Waals surface area (Å²) in [5.41, 5.74) is 6.44. The summed E-state index contributed by atoms with van der Waals surface area (Å²) >= 11 is 0. The zero-order chi connectivity index (χ0) is 12.5. The maximum Gasteiger partial charge on any atom is 0.273 e. The third-order valence-electron chi connectivity index (χ3n) is 3.67. The van der Waals surface area contributed by atoms with Crippen molar-refractivity contribution in [3.63, 3.8) is 0 Å². The second-order valence-corrected chi connectivity index (χ2v) is 4.48. The van der Waals surface area contributed by atoms with Gasteiger partial charge in [-0.15, -0.1) is 0 Å². The van der Waals surface area contributed by atoms with Gasteiger partial charge in [0.2, 0.25) is 0 Å². The Bertz CT molecular complexity index is 436. The van der Waals surface area contributed by atoms with Gasteiger partial charge in [-0.05, 0) is 25.0 Å². The van der Waals surface area contributed by atoms with Crippen molar-refractivity contribution in [2.45, 2.75) is 24.7 Å². The second-order valence-electron chi connectivity index (χ2n) is 4.48. The minimum atomic E-state index is -0.343. The minimum absolute atomic E-state index is 0.149. The Morgan fingerprint density at radius 3 is 2.65 bits per heavy atom. The lowest BCUT2D eigenvalue weighted by molar-refractivity contribution is -0.386. The van der Waals surface area contributed by atoms with Crippen molar-refractivity contribution in [1.29, 1.82) is 0 Å². The van der Waals surface area contributed by atoms with E-state index in [1.807, 2.05) is 0 Å². The molecule has 2 rings (SSSR count). The summed E-state index contributed by atoms with van der Waals surface area (Å²) in [6, 6.07) is 4.87. The van der Waals surface area contributed by atoms with Gasteiger partial charge in [0.25, 0.3) is 5.69 Å². The van der Waals surface area contributed by atoms with Crippen LogP contribution in [0, 0.1) is 10.1 Å². The first-order valence-electron chi connectivity index (χ1n) is 5.66. The van der Waals surface area contributed by atoms with Crippen molar-refractivity contribution in [2.75, 3.05) is 13.7 Å². The number of nitrogens with zero attached hydrogens (tertiary/aromatic N) is 1. The summed E-state index contributed by atoms with van der Waals surface area (Å²) in [6.07, 6.45) is 2.90. The van der Waals surface area contributed by atoms with Crippen LogP contribution < -0.4 is 10.5 Å². The summed E-state index contributed by atoms with van der Waals surface area (Å²) in [6.45, 7) is 0.445. The molecule has 0 bridgehead atoms. The van der Waals surface area contributed by atoms with Gasteiger partial charge in [0.05, 0.1) is 12.0 Å². The normalized spacial score (nSPS) is 17.3. The monoisotopic (exact) mass is 236 g/mol. The van der Waals surface area contributed by atoms with Crippen molar-refractivity contribution in [3.05, 3.63) is 33.9 Å². The van der Waals surface area contributed by atoms with Crippen LogP contribution in [0.15, 0.2) is 18.2 Å². The Labute approximate surface area is 99.7 Å². The molecule has 0 radical (unpaired) electrons. The molecule has 0 aromatic heterocycles. The van der Waals surface area contributed by atoms with Crippen LogP contribution in [0.4, 0.5) is 5.69 Å². The van der Waals surface area contributed by atoms with Crippen molar-refractivity contribution in [3.8, 4) is 5.75 Å². The van der Waals surface area contributed by atoms with Gasteiger partial charge in [0.15, 0.2) is 0 Å². The third-order valence-corrected chi connectivity index (χ3v) is 3.67. The van der Waals surface area contributed by atoms with Crippen LogP contribution in [-0.2, 0) is 5.41 Å². The lowest BCUT2D eigenvalue weighted by atomic mass is 9.64. The molecule has 1 aliphatic carbocycles. The zero-order valence-electron chi connectivity index (χ0n) is 9.81. The van der Waals surface area contributed by atoms with E-state index in [9.17, 15) is 10.1 Å². The van der Waals surface area contributed by atoms with Crippen molar-refractivity contribution in [1.82, 2.24) is 0 Å². The number of methoxy groups -OCH3 is 1. The first kappa shape index (κ1) is 11.9. The summed E-state index contributed by atoms with van der Waals surface area (Å²) in [4.78, 5) is 10.7. The van der Waals surface area contributed by atoms with Crippen molar-refractivity contribution in [2.24, 2.45) is 5.73 Å². The van der Waals surface area contributed by atoms with Crippen LogP contribution in [0.3, 0.4) is 0 Å². The molecule has 5 nitrogen and oxygen atoms in total. The number of hydrogen-bond acceptors (Lipinski definition) is 4. The molecule has 0 unspecified atom stereocenters. The summed E-state index contributed by atoms with van der Waals surface area (Å²) in [7, 11) is 1.56. The van der Waals surface area contributed by atoms with E-state index < -0.39 is 0 Å². The average Bonchev–Trinajstić information content (AvgIpc) is 2.28. The molecule has 17 heavy (non-hydrogen) atoms. The number of rotatable bonds is 4. The molecular weight excluding hydrogens is 220 g/mol. The third kappa shape index (κ3) is 1.86. The van der Waals surface area contributed by atoms with Gasteiger partial charge in [-0.25, -0.2) is 0 Å². The fourth-order valence-corrected chi connectivity index (χ4v) is 2.41. The van der Waals surface area contributed by atoms with Crippen LogP contribution in [-0.4, -0.2) is 18.6 Å². The molecule has 0 atom stereocenters. The van der Waals surface area contributed by atoms with E-state index in [0.717, 1.165) is 24.8 Å². The van der Waals surface area contributed by atoms with Crippen LogP contribution in [0.25, 0.3) is 0 Å². The van der Waals surface area contributed by atoms with Gasteiger partial charge in [0, 0.05) is 23.6 Å². The quantitative estimate of drug-likeness (QED) is 0.640. The van der Waals surface area contributed by atoms with E-state index in [0.29, 0.717) is 12.3 Å². The summed E-state index contributed by atoms with van der Waals surface area (Å²) in [5.74, 6) is 0.644. The Morgan fingerprint density at radius 2 is 2.24 bits per heavy atom. The van der Waals surface area contributed by atoms with Gasteiger partial charge in [-0.2, -0.15) is 0 Å². The fraction of sp³-hybridized carbons (Fsp3) is 0.500. The van der Waals surface area contributed by atoms with Gasteiger partial charge in [0.1, 0.15) is 5.75 Å². The molecule has 1 aromatic rings. The van der Waals surface area contributed by atoms with E-state index in [4.69, 9.17) is 10.5 Å². The number of nitro groups is 1. The maximum absolute atomic E-state index is 11.0. The molecule has 0 amide bonds. The highest BCUT2D eigenvalue weighted by atomic mass is 16.6. The highest BCUT2D eigenvalue weighted by Gasteiger charge is 2.42. The average molecular weight is 236 g/mol. The number of nitrogens with two attached hydrogens (primary N) is 1. The predicted molar refractivity (Wildman–Crippen MR) is 64.2 cm³/mol. The Hall–Kier alpha value is -1.62. The number of hydrogen-bond donors (Lipinski definition) is 1. The zero-order valence-corrected chi connectivity index (χ0v) is 9.81. The Balaban J connectivity index is 2.52. The Morgan fingerprint density at radius 1 is 1.53 bits per heavy atom. The minimum Gasteiger partial charge on any atom is -0.497 e. The molecule has 92 valence electrons. The van der Waals surface area contributed by atoms with Crippen LogP contribution in [0.1, 0.15) is 24.8 Å². The first-order chi connectivity index (χ1) is 8.13.